The molecule has 0 saturated heterocycles. The number of hydrogen-bond donors (Lipinski definition) is 1. The average Bonchev–Trinajstić information content (AvgIpc) is 3.16. The van der Waals surface area contributed by atoms with Crippen LogP contribution in [0.2, 0.25) is 0 Å². The summed E-state index contributed by atoms with van der Waals surface area (Å²) in [5.74, 6) is 0.926. The van der Waals surface area contributed by atoms with Crippen molar-refractivity contribution in [3.63, 3.8) is 0 Å². The molecular weight excluding hydrogens is 401 g/mol. The Morgan fingerprint density at radius 1 is 1.07 bits per heavy atom. The second kappa shape index (κ2) is 12.0. The molecule has 1 aromatic heterocycles. The van der Waals surface area contributed by atoms with Gasteiger partial charge in [0.1, 0.15) is 12.4 Å². The van der Waals surface area contributed by atoms with Gasteiger partial charge in [-0.3, -0.25) is 0 Å². The van der Waals surface area contributed by atoms with Gasteiger partial charge in [-0.15, -0.1) is 36.2 Å². The molecule has 0 aliphatic rings. The molecule has 0 atom stereocenters. The predicted molar refractivity (Wildman–Crippen MR) is 118 cm³/mol. The molecule has 0 aliphatic heterocycles. The van der Waals surface area contributed by atoms with E-state index < -0.39 is 0 Å². The second-order valence-corrected chi connectivity index (χ2v) is 6.71. The van der Waals surface area contributed by atoms with Crippen molar-refractivity contribution in [3.8, 4) is 17.0 Å². The summed E-state index contributed by atoms with van der Waals surface area (Å²) in [6.07, 6.45) is 0. The first-order chi connectivity index (χ1) is 12.3. The first kappa shape index (κ1) is 23.4. The zero-order valence-corrected chi connectivity index (χ0v) is 17.7. The minimum absolute atomic E-state index is 0. The highest BCUT2D eigenvalue weighted by atomic mass is 35.5. The molecular formula is C20H25Cl2N3OS. The lowest BCUT2D eigenvalue weighted by atomic mass is 10.1. The van der Waals surface area contributed by atoms with E-state index >= 15 is 0 Å². The number of hydrogen-bond acceptors (Lipinski definition) is 5. The van der Waals surface area contributed by atoms with Crippen LogP contribution in [0, 0.1) is 0 Å². The highest BCUT2D eigenvalue weighted by Crippen LogP contribution is 2.22. The van der Waals surface area contributed by atoms with E-state index in [9.17, 15) is 0 Å². The molecule has 0 unspecified atom stereocenters. The highest BCUT2D eigenvalue weighted by Gasteiger charge is 2.07. The lowest BCUT2D eigenvalue weighted by Crippen LogP contribution is -2.25. The molecule has 0 aliphatic carbocycles. The van der Waals surface area contributed by atoms with Gasteiger partial charge < -0.3 is 15.4 Å². The number of ether oxygens (including phenoxy) is 1. The number of aromatic nitrogens is 1. The van der Waals surface area contributed by atoms with Gasteiger partial charge in [0.05, 0.1) is 11.2 Å². The Morgan fingerprint density at radius 3 is 2.48 bits per heavy atom. The fourth-order valence-corrected chi connectivity index (χ4v) is 3.21. The Balaban J connectivity index is 0.00000182. The summed E-state index contributed by atoms with van der Waals surface area (Å²) in [6.45, 7) is 2.91. The summed E-state index contributed by atoms with van der Waals surface area (Å²) in [5.41, 5.74) is 12.0. The SMILES string of the molecule is CN(CCN)Cc1ccccc1OCc1ccc(-c2cscn2)cc1.Cl.Cl. The van der Waals surface area contributed by atoms with Crippen molar-refractivity contribution in [2.75, 3.05) is 20.1 Å². The van der Waals surface area contributed by atoms with Crippen molar-refractivity contribution >= 4 is 36.2 Å². The molecule has 146 valence electrons. The molecule has 7 heteroatoms. The van der Waals surface area contributed by atoms with Gasteiger partial charge in [0.15, 0.2) is 0 Å². The van der Waals surface area contributed by atoms with Crippen molar-refractivity contribution in [2.24, 2.45) is 5.73 Å². The van der Waals surface area contributed by atoms with E-state index in [4.69, 9.17) is 10.5 Å². The van der Waals surface area contributed by atoms with Gasteiger partial charge in [-0.25, -0.2) is 4.98 Å². The first-order valence-electron chi connectivity index (χ1n) is 8.33. The fraction of sp³-hybridized carbons (Fsp3) is 0.250. The molecule has 0 amide bonds. The number of halogens is 2. The van der Waals surface area contributed by atoms with E-state index in [1.165, 1.54) is 5.56 Å². The summed E-state index contributed by atoms with van der Waals surface area (Å²) in [5, 5.41) is 2.06. The minimum atomic E-state index is 0. The maximum absolute atomic E-state index is 6.06. The van der Waals surface area contributed by atoms with Crippen molar-refractivity contribution in [2.45, 2.75) is 13.2 Å². The van der Waals surface area contributed by atoms with Crippen LogP contribution >= 0.6 is 36.2 Å². The number of nitrogens with zero attached hydrogens (tertiary/aromatic N) is 2. The number of thiazole rings is 1. The van der Waals surface area contributed by atoms with Crippen molar-refractivity contribution in [1.29, 1.82) is 0 Å². The Bertz CT molecular complexity index is 782. The van der Waals surface area contributed by atoms with Crippen molar-refractivity contribution < 1.29 is 4.74 Å². The van der Waals surface area contributed by atoms with Crippen LogP contribution in [-0.2, 0) is 13.2 Å². The average molecular weight is 426 g/mol. The van der Waals surface area contributed by atoms with Crippen LogP contribution in [0.25, 0.3) is 11.3 Å². The van der Waals surface area contributed by atoms with Gasteiger partial charge in [0, 0.05) is 36.1 Å². The molecule has 27 heavy (non-hydrogen) atoms. The third-order valence-corrected chi connectivity index (χ3v) is 4.59. The molecule has 0 spiro atoms. The maximum Gasteiger partial charge on any atom is 0.124 e. The van der Waals surface area contributed by atoms with Gasteiger partial charge in [-0.05, 0) is 18.7 Å². The molecule has 3 rings (SSSR count). The molecule has 0 saturated carbocycles. The third-order valence-electron chi connectivity index (χ3n) is 4.00. The summed E-state index contributed by atoms with van der Waals surface area (Å²) >= 11 is 1.61. The lowest BCUT2D eigenvalue weighted by Gasteiger charge is -2.18. The fourth-order valence-electron chi connectivity index (χ4n) is 2.65. The smallest absolute Gasteiger partial charge is 0.124 e. The summed E-state index contributed by atoms with van der Waals surface area (Å²) in [7, 11) is 2.07. The Labute approximate surface area is 177 Å². The zero-order chi connectivity index (χ0) is 17.5. The van der Waals surface area contributed by atoms with Crippen molar-refractivity contribution in [3.05, 3.63) is 70.5 Å². The summed E-state index contributed by atoms with van der Waals surface area (Å²) in [6, 6.07) is 16.6. The third kappa shape index (κ3) is 6.79. The van der Waals surface area contributed by atoms with E-state index in [-0.39, 0.29) is 24.8 Å². The summed E-state index contributed by atoms with van der Waals surface area (Å²) in [4.78, 5) is 6.54. The van der Waals surface area contributed by atoms with E-state index in [0.717, 1.165) is 35.7 Å². The van der Waals surface area contributed by atoms with Gasteiger partial charge in [-0.1, -0.05) is 42.5 Å². The van der Waals surface area contributed by atoms with E-state index in [0.29, 0.717) is 13.2 Å². The van der Waals surface area contributed by atoms with Gasteiger partial charge in [0.2, 0.25) is 0 Å². The standard InChI is InChI=1S/C20H23N3OS.2ClH/c1-23(11-10-21)12-18-4-2-3-5-20(18)24-13-16-6-8-17(9-7-16)19-14-25-15-22-19;;/h2-9,14-15H,10-13,21H2,1H3;2*1H. The van der Waals surface area contributed by atoms with Crippen LogP contribution in [0.4, 0.5) is 0 Å². The van der Waals surface area contributed by atoms with Crippen LogP contribution in [0.15, 0.2) is 59.4 Å². The molecule has 1 heterocycles. The number of likely N-dealkylation sites (N-methyl/N-ethyl adjacent to an activating group) is 1. The molecule has 2 N–H and O–H groups in total. The van der Waals surface area contributed by atoms with Crippen LogP contribution in [0.1, 0.15) is 11.1 Å². The van der Waals surface area contributed by atoms with E-state index in [1.807, 2.05) is 23.7 Å². The van der Waals surface area contributed by atoms with Gasteiger partial charge >= 0.3 is 0 Å². The lowest BCUT2D eigenvalue weighted by molar-refractivity contribution is 0.287. The summed E-state index contributed by atoms with van der Waals surface area (Å²) < 4.78 is 6.06. The highest BCUT2D eigenvalue weighted by molar-refractivity contribution is 7.07. The Morgan fingerprint density at radius 2 is 1.81 bits per heavy atom. The monoisotopic (exact) mass is 425 g/mol. The number of rotatable bonds is 8. The Kier molecular flexibility index (Phi) is 10.4. The molecule has 4 nitrogen and oxygen atoms in total. The van der Waals surface area contributed by atoms with Gasteiger partial charge in [0.25, 0.3) is 0 Å². The van der Waals surface area contributed by atoms with E-state index in [1.54, 1.807) is 11.3 Å². The Hall–Kier alpha value is -1.63. The molecule has 0 bridgehead atoms. The second-order valence-electron chi connectivity index (χ2n) is 5.99. The van der Waals surface area contributed by atoms with Gasteiger partial charge in [-0.2, -0.15) is 0 Å². The topological polar surface area (TPSA) is 51.4 Å². The normalized spacial score (nSPS) is 10.2. The predicted octanol–water partition coefficient (Wildman–Crippen LogP) is 4.62. The number of benzene rings is 2. The van der Waals surface area contributed by atoms with E-state index in [2.05, 4.69) is 52.6 Å². The largest absolute Gasteiger partial charge is 0.489 e. The number of nitrogens with two attached hydrogens (primary N) is 1. The van der Waals surface area contributed by atoms with Crippen LogP contribution in [0.5, 0.6) is 5.75 Å². The zero-order valence-electron chi connectivity index (χ0n) is 15.2. The van der Waals surface area contributed by atoms with Crippen LogP contribution in [0.3, 0.4) is 0 Å². The minimum Gasteiger partial charge on any atom is -0.489 e. The molecule has 0 fully saturated rings. The van der Waals surface area contributed by atoms with Crippen LogP contribution in [-0.4, -0.2) is 30.0 Å². The molecule has 3 aromatic rings. The molecule has 2 aromatic carbocycles. The van der Waals surface area contributed by atoms with Crippen LogP contribution < -0.4 is 10.5 Å². The number of para-hydroxylation sites is 1. The molecule has 0 radical (unpaired) electrons. The van der Waals surface area contributed by atoms with Crippen molar-refractivity contribution in [1.82, 2.24) is 9.88 Å². The first-order valence-corrected chi connectivity index (χ1v) is 9.27. The quantitative estimate of drug-likeness (QED) is 0.571. The maximum atomic E-state index is 6.06.